The highest BCUT2D eigenvalue weighted by atomic mass is 15.1. The molecule has 0 bridgehead atoms. The van der Waals surface area contributed by atoms with Crippen molar-refractivity contribution in [2.24, 2.45) is 0 Å². The standard InChI is InChI=1S/C30H29N/c1-22-5-13-27(14-6-22)25(4)21-26-11-19-30(20-12-26)31(28-15-7-23(2)8-16-28)29-17-9-24(3)10-18-29/h5-21H,1-4H3. The van der Waals surface area contributed by atoms with Gasteiger partial charge in [-0.3, -0.25) is 0 Å². The Bertz CT molecular complexity index is 1120. The highest BCUT2D eigenvalue weighted by Crippen LogP contribution is 2.35. The molecule has 0 heterocycles. The summed E-state index contributed by atoms with van der Waals surface area (Å²) < 4.78 is 0. The topological polar surface area (TPSA) is 3.24 Å². The van der Waals surface area contributed by atoms with Crippen LogP contribution in [0.4, 0.5) is 17.1 Å². The van der Waals surface area contributed by atoms with Crippen molar-refractivity contribution in [2.45, 2.75) is 27.7 Å². The van der Waals surface area contributed by atoms with E-state index in [1.807, 2.05) is 0 Å². The number of benzene rings is 4. The van der Waals surface area contributed by atoms with Gasteiger partial charge in [0.05, 0.1) is 0 Å². The second-order valence-corrected chi connectivity index (χ2v) is 8.29. The van der Waals surface area contributed by atoms with Gasteiger partial charge in [0.25, 0.3) is 0 Å². The molecule has 0 saturated heterocycles. The summed E-state index contributed by atoms with van der Waals surface area (Å²) >= 11 is 0. The van der Waals surface area contributed by atoms with Crippen LogP contribution in [0.15, 0.2) is 97.1 Å². The minimum Gasteiger partial charge on any atom is -0.311 e. The fourth-order valence-electron chi connectivity index (χ4n) is 3.70. The van der Waals surface area contributed by atoms with Crippen molar-refractivity contribution < 1.29 is 0 Å². The molecule has 4 rings (SSSR count). The lowest BCUT2D eigenvalue weighted by Gasteiger charge is -2.26. The number of hydrogen-bond donors (Lipinski definition) is 0. The normalized spacial score (nSPS) is 11.4. The van der Waals surface area contributed by atoms with Crippen LogP contribution in [0.2, 0.25) is 0 Å². The Morgan fingerprint density at radius 1 is 0.516 bits per heavy atom. The zero-order valence-corrected chi connectivity index (χ0v) is 18.8. The highest BCUT2D eigenvalue weighted by Gasteiger charge is 2.12. The molecule has 1 heteroatoms. The quantitative estimate of drug-likeness (QED) is 0.301. The number of allylic oxidation sites excluding steroid dienone is 1. The maximum absolute atomic E-state index is 2.30. The zero-order chi connectivity index (χ0) is 21.8. The first-order valence-electron chi connectivity index (χ1n) is 10.8. The van der Waals surface area contributed by atoms with Crippen LogP contribution < -0.4 is 4.90 Å². The van der Waals surface area contributed by atoms with Gasteiger partial charge in [0, 0.05) is 17.1 Å². The van der Waals surface area contributed by atoms with E-state index in [1.165, 1.54) is 33.4 Å². The molecular formula is C30H29N. The fourth-order valence-corrected chi connectivity index (χ4v) is 3.70. The van der Waals surface area contributed by atoms with Gasteiger partial charge < -0.3 is 4.90 Å². The molecule has 0 aromatic heterocycles. The van der Waals surface area contributed by atoms with Gasteiger partial charge in [-0.25, -0.2) is 0 Å². The van der Waals surface area contributed by atoms with Crippen molar-refractivity contribution in [2.75, 3.05) is 4.90 Å². The lowest BCUT2D eigenvalue weighted by Crippen LogP contribution is -2.09. The average Bonchev–Trinajstić information content (AvgIpc) is 2.78. The molecule has 0 saturated carbocycles. The van der Waals surface area contributed by atoms with Crippen molar-refractivity contribution >= 4 is 28.7 Å². The van der Waals surface area contributed by atoms with E-state index < -0.39 is 0 Å². The van der Waals surface area contributed by atoms with Gasteiger partial charge in [-0.1, -0.05) is 83.4 Å². The van der Waals surface area contributed by atoms with Crippen molar-refractivity contribution in [3.8, 4) is 0 Å². The fraction of sp³-hybridized carbons (Fsp3) is 0.133. The monoisotopic (exact) mass is 403 g/mol. The molecule has 0 aliphatic carbocycles. The van der Waals surface area contributed by atoms with E-state index in [0.717, 1.165) is 17.1 Å². The largest absolute Gasteiger partial charge is 0.311 e. The summed E-state index contributed by atoms with van der Waals surface area (Å²) in [5.41, 5.74) is 11.0. The van der Waals surface area contributed by atoms with E-state index in [4.69, 9.17) is 0 Å². The second kappa shape index (κ2) is 9.06. The summed E-state index contributed by atoms with van der Waals surface area (Å²) in [6.45, 7) is 8.54. The third-order valence-corrected chi connectivity index (χ3v) is 5.63. The summed E-state index contributed by atoms with van der Waals surface area (Å²) in [6.07, 6.45) is 2.25. The molecule has 0 amide bonds. The average molecular weight is 404 g/mol. The minimum absolute atomic E-state index is 1.15. The van der Waals surface area contributed by atoms with Gasteiger partial charge in [-0.05, 0) is 80.8 Å². The molecule has 0 aliphatic heterocycles. The lowest BCUT2D eigenvalue weighted by molar-refractivity contribution is 1.27. The third-order valence-electron chi connectivity index (χ3n) is 5.63. The van der Waals surface area contributed by atoms with Crippen LogP contribution in [0.25, 0.3) is 11.6 Å². The van der Waals surface area contributed by atoms with Crippen LogP contribution >= 0.6 is 0 Å². The maximum atomic E-state index is 2.30. The van der Waals surface area contributed by atoms with E-state index in [2.05, 4.69) is 136 Å². The third kappa shape index (κ3) is 4.95. The molecular weight excluding hydrogens is 374 g/mol. The Labute approximate surface area is 186 Å². The Morgan fingerprint density at radius 2 is 0.871 bits per heavy atom. The summed E-state index contributed by atoms with van der Waals surface area (Å²) in [5, 5.41) is 0. The minimum atomic E-state index is 1.15. The Morgan fingerprint density at radius 3 is 1.29 bits per heavy atom. The molecule has 154 valence electrons. The van der Waals surface area contributed by atoms with Crippen molar-refractivity contribution in [3.05, 3.63) is 125 Å². The molecule has 4 aromatic rings. The summed E-state index contributed by atoms with van der Waals surface area (Å²) in [6, 6.07) is 34.9. The second-order valence-electron chi connectivity index (χ2n) is 8.29. The molecule has 0 unspecified atom stereocenters. The number of hydrogen-bond acceptors (Lipinski definition) is 1. The first-order valence-corrected chi connectivity index (χ1v) is 10.8. The smallest absolute Gasteiger partial charge is 0.0462 e. The van der Waals surface area contributed by atoms with Crippen molar-refractivity contribution in [1.82, 2.24) is 0 Å². The SMILES string of the molecule is CC(=Cc1ccc(N(c2ccc(C)cc2)c2ccc(C)cc2)cc1)c1ccc(C)cc1. The van der Waals surface area contributed by atoms with Crippen LogP contribution in [0.5, 0.6) is 0 Å². The van der Waals surface area contributed by atoms with Crippen molar-refractivity contribution in [3.63, 3.8) is 0 Å². The number of rotatable bonds is 5. The molecule has 4 aromatic carbocycles. The van der Waals surface area contributed by atoms with Crippen LogP contribution in [0.3, 0.4) is 0 Å². The molecule has 0 atom stereocenters. The van der Waals surface area contributed by atoms with Gasteiger partial charge in [-0.15, -0.1) is 0 Å². The van der Waals surface area contributed by atoms with Crippen LogP contribution in [0.1, 0.15) is 34.7 Å². The zero-order valence-electron chi connectivity index (χ0n) is 18.8. The van der Waals surface area contributed by atoms with Crippen molar-refractivity contribution in [1.29, 1.82) is 0 Å². The van der Waals surface area contributed by atoms with E-state index in [-0.39, 0.29) is 0 Å². The van der Waals surface area contributed by atoms with Gasteiger partial charge in [-0.2, -0.15) is 0 Å². The lowest BCUT2D eigenvalue weighted by atomic mass is 10.0. The molecule has 0 fully saturated rings. The Kier molecular flexibility index (Phi) is 6.04. The van der Waals surface area contributed by atoms with E-state index in [0.29, 0.717) is 0 Å². The number of aryl methyl sites for hydroxylation is 3. The van der Waals surface area contributed by atoms with E-state index in [9.17, 15) is 0 Å². The number of anilines is 3. The molecule has 0 N–H and O–H groups in total. The van der Waals surface area contributed by atoms with E-state index >= 15 is 0 Å². The predicted octanol–water partition coefficient (Wildman–Crippen LogP) is 8.64. The molecule has 0 aliphatic rings. The first-order chi connectivity index (χ1) is 15.0. The summed E-state index contributed by atoms with van der Waals surface area (Å²) in [7, 11) is 0. The molecule has 0 spiro atoms. The van der Waals surface area contributed by atoms with Crippen LogP contribution in [-0.4, -0.2) is 0 Å². The van der Waals surface area contributed by atoms with Gasteiger partial charge >= 0.3 is 0 Å². The van der Waals surface area contributed by atoms with Crippen LogP contribution in [-0.2, 0) is 0 Å². The Hall–Kier alpha value is -3.58. The predicted molar refractivity (Wildman–Crippen MR) is 135 cm³/mol. The molecule has 1 nitrogen and oxygen atoms in total. The van der Waals surface area contributed by atoms with Gasteiger partial charge in [0.15, 0.2) is 0 Å². The number of nitrogens with zero attached hydrogens (tertiary/aromatic N) is 1. The Balaban J connectivity index is 1.67. The first kappa shape index (κ1) is 20.7. The summed E-state index contributed by atoms with van der Waals surface area (Å²) in [5.74, 6) is 0. The maximum Gasteiger partial charge on any atom is 0.0462 e. The van der Waals surface area contributed by atoms with Crippen LogP contribution in [0, 0.1) is 20.8 Å². The summed E-state index contributed by atoms with van der Waals surface area (Å²) in [4.78, 5) is 2.30. The molecule has 31 heavy (non-hydrogen) atoms. The molecule has 0 radical (unpaired) electrons. The van der Waals surface area contributed by atoms with E-state index in [1.54, 1.807) is 0 Å². The van der Waals surface area contributed by atoms with Gasteiger partial charge in [0.1, 0.15) is 0 Å². The highest BCUT2D eigenvalue weighted by molar-refractivity contribution is 5.82. The van der Waals surface area contributed by atoms with Gasteiger partial charge in [0.2, 0.25) is 0 Å².